The van der Waals surface area contributed by atoms with Gasteiger partial charge in [-0.3, -0.25) is 4.90 Å². The lowest BCUT2D eigenvalue weighted by Gasteiger charge is -2.32. The van der Waals surface area contributed by atoms with Gasteiger partial charge in [-0.25, -0.2) is 4.98 Å². The van der Waals surface area contributed by atoms with Gasteiger partial charge in [-0.05, 0) is 42.7 Å². The quantitative estimate of drug-likeness (QED) is 0.449. The summed E-state index contributed by atoms with van der Waals surface area (Å²) in [6, 6.07) is 27.3. The van der Waals surface area contributed by atoms with Crippen LogP contribution in [0.2, 0.25) is 0 Å². The summed E-state index contributed by atoms with van der Waals surface area (Å²) in [6.07, 6.45) is 2.36. The van der Waals surface area contributed by atoms with E-state index in [1.807, 2.05) is 12.1 Å². The smallest absolute Gasteiger partial charge is 0.138 e. The highest BCUT2D eigenvalue weighted by atomic mass is 16.5. The van der Waals surface area contributed by atoms with Crippen molar-refractivity contribution >= 4 is 21.8 Å². The van der Waals surface area contributed by atoms with Gasteiger partial charge < -0.3 is 4.74 Å². The number of hydrogen-bond donors (Lipinski definition) is 0. The molecular weight excluding hydrogens is 344 g/mol. The van der Waals surface area contributed by atoms with Gasteiger partial charge in [-0.15, -0.1) is 0 Å². The first-order chi connectivity index (χ1) is 13.9. The average Bonchev–Trinajstić information content (AvgIpc) is 2.75. The number of hydrogen-bond acceptors (Lipinski definition) is 3. The summed E-state index contributed by atoms with van der Waals surface area (Å²) >= 11 is 0. The largest absolute Gasteiger partial charge is 0.489 e. The van der Waals surface area contributed by atoms with E-state index in [-0.39, 0.29) is 6.10 Å². The van der Waals surface area contributed by atoms with Crippen molar-refractivity contribution in [3.63, 3.8) is 0 Å². The van der Waals surface area contributed by atoms with E-state index in [4.69, 9.17) is 9.72 Å². The number of rotatable bonds is 4. The molecule has 3 heteroatoms. The van der Waals surface area contributed by atoms with Gasteiger partial charge >= 0.3 is 0 Å². The summed E-state index contributed by atoms with van der Waals surface area (Å²) < 4.78 is 6.61. The predicted molar refractivity (Wildman–Crippen MR) is 115 cm³/mol. The number of ether oxygens (including phenoxy) is 1. The Bertz CT molecular complexity index is 1030. The second-order valence-corrected chi connectivity index (χ2v) is 7.55. The first-order valence-electron chi connectivity index (χ1n) is 10.1. The average molecular weight is 368 g/mol. The number of aromatic nitrogens is 1. The Morgan fingerprint density at radius 3 is 1.96 bits per heavy atom. The molecule has 0 aliphatic carbocycles. The fourth-order valence-electron chi connectivity index (χ4n) is 4.12. The van der Waals surface area contributed by atoms with E-state index in [0.717, 1.165) is 60.0 Å². The Kier molecular flexibility index (Phi) is 4.67. The summed E-state index contributed by atoms with van der Waals surface area (Å²) in [7, 11) is 0. The van der Waals surface area contributed by atoms with E-state index in [0.29, 0.717) is 0 Å². The van der Waals surface area contributed by atoms with E-state index in [2.05, 4.69) is 71.6 Å². The van der Waals surface area contributed by atoms with Crippen molar-refractivity contribution in [2.24, 2.45) is 0 Å². The zero-order chi connectivity index (χ0) is 18.8. The number of benzene rings is 3. The van der Waals surface area contributed by atoms with Crippen molar-refractivity contribution in [3.05, 3.63) is 84.4 Å². The summed E-state index contributed by atoms with van der Waals surface area (Å²) in [5.74, 6) is 0.989. The Morgan fingerprint density at radius 2 is 1.32 bits per heavy atom. The second kappa shape index (κ2) is 7.61. The summed E-state index contributed by atoms with van der Waals surface area (Å²) in [4.78, 5) is 7.33. The normalized spacial score (nSPS) is 15.9. The molecule has 0 unspecified atom stereocenters. The topological polar surface area (TPSA) is 25.4 Å². The highest BCUT2D eigenvalue weighted by Crippen LogP contribution is 2.34. The monoisotopic (exact) mass is 368 g/mol. The summed E-state index contributed by atoms with van der Waals surface area (Å²) in [5.41, 5.74) is 3.38. The minimum absolute atomic E-state index is 0.251. The van der Waals surface area contributed by atoms with Gasteiger partial charge in [0.1, 0.15) is 11.9 Å². The number of likely N-dealkylation sites (tertiary alicyclic amines) is 1. The zero-order valence-corrected chi connectivity index (χ0v) is 15.9. The zero-order valence-electron chi connectivity index (χ0n) is 15.9. The van der Waals surface area contributed by atoms with Crippen molar-refractivity contribution in [2.75, 3.05) is 13.1 Å². The van der Waals surface area contributed by atoms with Crippen LogP contribution < -0.4 is 4.74 Å². The molecule has 1 aliphatic rings. The molecule has 2 heterocycles. The van der Waals surface area contributed by atoms with E-state index >= 15 is 0 Å². The Morgan fingerprint density at radius 1 is 0.750 bits per heavy atom. The standard InChI is InChI=1S/C25H24N2O/c1-2-8-19(9-3-1)18-27-16-14-20(15-17-27)28-25-21-10-4-6-12-23(21)26-24-13-7-5-11-22(24)25/h1-13,20H,14-18H2. The lowest BCUT2D eigenvalue weighted by molar-refractivity contribution is 0.0991. The lowest BCUT2D eigenvalue weighted by Crippen LogP contribution is -2.37. The molecule has 5 rings (SSSR count). The molecule has 1 saturated heterocycles. The molecule has 0 bridgehead atoms. The van der Waals surface area contributed by atoms with Crippen LogP contribution in [0.1, 0.15) is 18.4 Å². The molecule has 0 atom stereocenters. The first kappa shape index (κ1) is 17.2. The molecule has 1 fully saturated rings. The molecule has 3 aromatic carbocycles. The van der Waals surface area contributed by atoms with Gasteiger partial charge in [0, 0.05) is 30.4 Å². The highest BCUT2D eigenvalue weighted by molar-refractivity contribution is 6.00. The van der Waals surface area contributed by atoms with Crippen LogP contribution >= 0.6 is 0 Å². The second-order valence-electron chi connectivity index (χ2n) is 7.55. The van der Waals surface area contributed by atoms with E-state index in [1.54, 1.807) is 0 Å². The molecule has 3 nitrogen and oxygen atoms in total. The maximum Gasteiger partial charge on any atom is 0.138 e. The summed E-state index contributed by atoms with van der Waals surface area (Å²) in [6.45, 7) is 3.16. The Labute approximate surface area is 165 Å². The van der Waals surface area contributed by atoms with Crippen LogP contribution in [0.4, 0.5) is 0 Å². The SMILES string of the molecule is c1ccc(CN2CCC(Oc3c4ccccc4nc4ccccc34)CC2)cc1. The molecule has 0 radical (unpaired) electrons. The fraction of sp³-hybridized carbons (Fsp3) is 0.240. The Balaban J connectivity index is 1.36. The van der Waals surface area contributed by atoms with E-state index in [1.165, 1.54) is 5.56 Å². The maximum absolute atomic E-state index is 6.61. The van der Waals surface area contributed by atoms with Crippen molar-refractivity contribution in [1.29, 1.82) is 0 Å². The van der Waals surface area contributed by atoms with Gasteiger partial charge in [0.25, 0.3) is 0 Å². The third kappa shape index (κ3) is 3.46. The molecule has 0 saturated carbocycles. The number of fused-ring (bicyclic) bond motifs is 2. The van der Waals surface area contributed by atoms with Crippen molar-refractivity contribution in [1.82, 2.24) is 9.88 Å². The first-order valence-corrected chi connectivity index (χ1v) is 10.1. The molecule has 0 N–H and O–H groups in total. The number of para-hydroxylation sites is 2. The molecule has 140 valence electrons. The molecule has 28 heavy (non-hydrogen) atoms. The molecular formula is C25H24N2O. The minimum Gasteiger partial charge on any atom is -0.489 e. The van der Waals surface area contributed by atoms with Gasteiger partial charge in [0.05, 0.1) is 11.0 Å². The van der Waals surface area contributed by atoms with Crippen molar-refractivity contribution < 1.29 is 4.74 Å². The molecule has 4 aromatic rings. The van der Waals surface area contributed by atoms with Gasteiger partial charge in [0.15, 0.2) is 0 Å². The fourth-order valence-corrected chi connectivity index (χ4v) is 4.12. The van der Waals surface area contributed by atoms with Crippen LogP contribution in [-0.4, -0.2) is 29.1 Å². The highest BCUT2D eigenvalue weighted by Gasteiger charge is 2.22. The lowest BCUT2D eigenvalue weighted by atomic mass is 10.1. The maximum atomic E-state index is 6.61. The van der Waals surface area contributed by atoms with Gasteiger partial charge in [-0.2, -0.15) is 0 Å². The third-order valence-corrected chi connectivity index (χ3v) is 5.61. The third-order valence-electron chi connectivity index (χ3n) is 5.61. The van der Waals surface area contributed by atoms with Crippen LogP contribution in [0.25, 0.3) is 21.8 Å². The molecule has 0 spiro atoms. The van der Waals surface area contributed by atoms with Crippen LogP contribution in [0, 0.1) is 0 Å². The van der Waals surface area contributed by atoms with Crippen LogP contribution in [0.15, 0.2) is 78.9 Å². The molecule has 1 aliphatic heterocycles. The van der Waals surface area contributed by atoms with Gasteiger partial charge in [0.2, 0.25) is 0 Å². The predicted octanol–water partition coefficient (Wildman–Crippen LogP) is 5.43. The van der Waals surface area contributed by atoms with E-state index < -0.39 is 0 Å². The number of piperidine rings is 1. The van der Waals surface area contributed by atoms with Crippen LogP contribution in [-0.2, 0) is 6.54 Å². The van der Waals surface area contributed by atoms with E-state index in [9.17, 15) is 0 Å². The number of nitrogens with zero attached hydrogens (tertiary/aromatic N) is 2. The van der Waals surface area contributed by atoms with Gasteiger partial charge in [-0.1, -0.05) is 54.6 Å². The molecule has 0 amide bonds. The molecule has 1 aromatic heterocycles. The minimum atomic E-state index is 0.251. The summed E-state index contributed by atoms with van der Waals surface area (Å²) in [5, 5.41) is 2.21. The van der Waals surface area contributed by atoms with Crippen molar-refractivity contribution in [3.8, 4) is 5.75 Å². The van der Waals surface area contributed by atoms with Crippen molar-refractivity contribution in [2.45, 2.75) is 25.5 Å². The van der Waals surface area contributed by atoms with Crippen LogP contribution in [0.3, 0.4) is 0 Å². The number of pyridine rings is 1. The van der Waals surface area contributed by atoms with Crippen LogP contribution in [0.5, 0.6) is 5.75 Å². The Hall–Kier alpha value is -2.91.